The lowest BCUT2D eigenvalue weighted by molar-refractivity contribution is -0.475. The largest absolute Gasteiger partial charge is 0.456 e. The maximum absolute atomic E-state index is 6.47. The van der Waals surface area contributed by atoms with Gasteiger partial charge in [0.1, 0.15) is 22.3 Å². The van der Waals surface area contributed by atoms with E-state index in [1.165, 1.54) is 5.39 Å². The van der Waals surface area contributed by atoms with E-state index in [9.17, 15) is 0 Å². The summed E-state index contributed by atoms with van der Waals surface area (Å²) in [6.07, 6.45) is 0. The Kier molecular flexibility index (Phi) is 4.39. The van der Waals surface area contributed by atoms with Crippen molar-refractivity contribution in [2.45, 2.75) is 0 Å². The fraction of sp³-hybridized carbons (Fsp3) is 0. The molecule has 10 rings (SSSR count). The highest BCUT2D eigenvalue weighted by atomic mass is 16.3. The van der Waals surface area contributed by atoms with Crippen LogP contribution in [0.15, 0.2) is 147 Å². The molecule has 5 heteroatoms. The van der Waals surface area contributed by atoms with E-state index in [2.05, 4.69) is 112 Å². The fourth-order valence-electron chi connectivity index (χ4n) is 6.69. The molecular weight excluding hydrogens is 530 g/mol. The van der Waals surface area contributed by atoms with Gasteiger partial charge in [-0.2, -0.15) is 4.68 Å². The second kappa shape index (κ2) is 8.30. The smallest absolute Gasteiger partial charge is 0.300 e. The van der Waals surface area contributed by atoms with Crippen LogP contribution in [0.2, 0.25) is 0 Å². The minimum Gasteiger partial charge on any atom is -0.456 e. The van der Waals surface area contributed by atoms with Crippen molar-refractivity contribution in [3.63, 3.8) is 0 Å². The first-order valence-corrected chi connectivity index (χ1v) is 14.4. The molecule has 9 aromatic rings. The van der Waals surface area contributed by atoms with Crippen molar-refractivity contribution >= 4 is 77.4 Å². The van der Waals surface area contributed by atoms with Crippen LogP contribution in [0.1, 0.15) is 11.1 Å². The average Bonchev–Trinajstić information content (AvgIpc) is 3.70. The molecule has 0 unspecified atom stereocenters. The quantitative estimate of drug-likeness (QED) is 0.205. The van der Waals surface area contributed by atoms with Crippen molar-refractivity contribution in [1.29, 1.82) is 0 Å². The van der Waals surface area contributed by atoms with Gasteiger partial charge in [-0.1, -0.05) is 89.9 Å². The lowest BCUT2D eigenvalue weighted by Crippen LogP contribution is -2.41. The molecular formula is C38H22N3O2+. The van der Waals surface area contributed by atoms with Crippen LogP contribution in [0, 0.1) is 0 Å². The molecule has 0 N–H and O–H groups in total. The van der Waals surface area contributed by atoms with E-state index < -0.39 is 0 Å². The van der Waals surface area contributed by atoms with Crippen LogP contribution in [-0.2, 0) is 0 Å². The second-order valence-electron chi connectivity index (χ2n) is 11.0. The Balaban J connectivity index is 1.33. The molecule has 0 saturated carbocycles. The zero-order valence-corrected chi connectivity index (χ0v) is 22.9. The van der Waals surface area contributed by atoms with Crippen LogP contribution in [0.25, 0.3) is 65.7 Å². The van der Waals surface area contributed by atoms with Crippen molar-refractivity contribution in [2.75, 3.05) is 0 Å². The number of hydrogen-bond acceptors (Lipinski definition) is 3. The van der Waals surface area contributed by atoms with E-state index >= 15 is 0 Å². The zero-order chi connectivity index (χ0) is 28.1. The van der Waals surface area contributed by atoms with Crippen molar-refractivity contribution in [2.24, 2.45) is 4.99 Å². The standard InChI is InChI=1S/C38H22N3O2/c1-2-11-23(12-3-1)37-39-38(28-17-10-16-27-25-14-5-9-20-34(25)43-36(27)28)41(37)40-31-18-7-4-13-24(31)29-21-30-26-15-6-8-19-33(26)42-35(30)22-32(29)40/h1-22H/q+1. The Hall–Kier alpha value is -5.94. The summed E-state index contributed by atoms with van der Waals surface area (Å²) in [5, 5.41) is 6.75. The molecule has 1 aliphatic heterocycles. The van der Waals surface area contributed by atoms with Gasteiger partial charge in [-0.25, -0.2) is 0 Å². The number of benzene rings is 6. The van der Waals surface area contributed by atoms with Gasteiger partial charge in [0.25, 0.3) is 5.84 Å². The molecule has 0 radical (unpaired) electrons. The number of furan rings is 2. The number of amidine groups is 2. The van der Waals surface area contributed by atoms with Crippen molar-refractivity contribution in [3.05, 3.63) is 145 Å². The third-order valence-corrected chi connectivity index (χ3v) is 8.64. The molecule has 5 nitrogen and oxygen atoms in total. The molecule has 4 heterocycles. The molecule has 0 spiro atoms. The molecule has 1 aliphatic rings. The Morgan fingerprint density at radius 1 is 0.488 bits per heavy atom. The van der Waals surface area contributed by atoms with Gasteiger partial charge in [0.2, 0.25) is 0 Å². The maximum Gasteiger partial charge on any atom is 0.300 e. The summed E-state index contributed by atoms with van der Waals surface area (Å²) < 4.78 is 17.4. The fourth-order valence-corrected chi connectivity index (χ4v) is 6.69. The first-order valence-electron chi connectivity index (χ1n) is 14.4. The van der Waals surface area contributed by atoms with E-state index in [1.54, 1.807) is 0 Å². The minimum absolute atomic E-state index is 0.830. The summed E-state index contributed by atoms with van der Waals surface area (Å²) in [6.45, 7) is 0. The van der Waals surface area contributed by atoms with Gasteiger partial charge in [0.15, 0.2) is 0 Å². The van der Waals surface area contributed by atoms with Crippen LogP contribution < -0.4 is 0 Å². The molecule has 0 aliphatic carbocycles. The van der Waals surface area contributed by atoms with E-state index in [0.717, 1.165) is 83.1 Å². The van der Waals surface area contributed by atoms with Crippen LogP contribution in [0.3, 0.4) is 0 Å². The normalized spacial score (nSPS) is 13.6. The zero-order valence-electron chi connectivity index (χ0n) is 22.9. The van der Waals surface area contributed by atoms with Crippen molar-refractivity contribution in [1.82, 2.24) is 4.68 Å². The molecule has 3 aromatic heterocycles. The number of fused-ring (bicyclic) bond motifs is 9. The highest BCUT2D eigenvalue weighted by Crippen LogP contribution is 2.38. The summed E-state index contributed by atoms with van der Waals surface area (Å²) in [6, 6.07) is 46.1. The molecule has 0 saturated heterocycles. The first-order chi connectivity index (χ1) is 21.3. The number of nitrogens with zero attached hydrogens (tertiary/aromatic N) is 3. The minimum atomic E-state index is 0.830. The van der Waals surface area contributed by atoms with E-state index in [1.807, 2.05) is 30.3 Å². The lowest BCUT2D eigenvalue weighted by atomic mass is 10.1. The summed E-state index contributed by atoms with van der Waals surface area (Å²) in [4.78, 5) is 5.19. The Bertz CT molecular complexity index is 2670. The van der Waals surface area contributed by atoms with E-state index in [0.29, 0.717) is 0 Å². The molecule has 0 atom stereocenters. The predicted octanol–water partition coefficient (Wildman–Crippen LogP) is 9.28. The van der Waals surface area contributed by atoms with Gasteiger partial charge in [-0.15, -0.1) is 4.68 Å². The average molecular weight is 553 g/mol. The van der Waals surface area contributed by atoms with E-state index in [4.69, 9.17) is 13.8 Å². The summed E-state index contributed by atoms with van der Waals surface area (Å²) in [5.74, 6) is 1.70. The number of aliphatic imine (C=N–C) groups is 1. The highest BCUT2D eigenvalue weighted by Gasteiger charge is 2.37. The Morgan fingerprint density at radius 2 is 1.16 bits per heavy atom. The van der Waals surface area contributed by atoms with Crippen molar-refractivity contribution < 1.29 is 13.5 Å². The van der Waals surface area contributed by atoms with Crippen LogP contribution in [-0.4, -0.2) is 21.0 Å². The van der Waals surface area contributed by atoms with Gasteiger partial charge in [0, 0.05) is 38.4 Å². The number of aromatic nitrogens is 1. The van der Waals surface area contributed by atoms with Gasteiger partial charge in [0.05, 0.1) is 22.2 Å². The molecule has 0 fully saturated rings. The maximum atomic E-state index is 6.47. The van der Waals surface area contributed by atoms with E-state index in [-0.39, 0.29) is 0 Å². The lowest BCUT2D eigenvalue weighted by Gasteiger charge is -2.21. The highest BCUT2D eigenvalue weighted by molar-refractivity contribution is 6.22. The third-order valence-electron chi connectivity index (χ3n) is 8.64. The van der Waals surface area contributed by atoms with Gasteiger partial charge in [-0.3, -0.25) is 0 Å². The SMILES string of the molecule is c1ccc(C2=NC(c3cccc4c3oc3ccccc34)=[N+]2n2c3ccccc3c3cc4c(cc32)oc2ccccc24)cc1. The summed E-state index contributed by atoms with van der Waals surface area (Å²) >= 11 is 0. The number of hydrogen-bond donors (Lipinski definition) is 0. The Morgan fingerprint density at radius 3 is 2.00 bits per heavy atom. The van der Waals surface area contributed by atoms with Crippen LogP contribution in [0.4, 0.5) is 0 Å². The molecule has 0 amide bonds. The monoisotopic (exact) mass is 552 g/mol. The second-order valence-corrected chi connectivity index (χ2v) is 11.0. The summed E-state index contributed by atoms with van der Waals surface area (Å²) in [5.41, 5.74) is 7.57. The van der Waals surface area contributed by atoms with Crippen LogP contribution >= 0.6 is 0 Å². The number of para-hydroxylation sites is 4. The summed E-state index contributed by atoms with van der Waals surface area (Å²) in [7, 11) is 0. The third kappa shape index (κ3) is 3.05. The molecule has 0 bridgehead atoms. The molecule has 6 aromatic carbocycles. The number of rotatable bonds is 3. The van der Waals surface area contributed by atoms with Crippen molar-refractivity contribution in [3.8, 4) is 0 Å². The topological polar surface area (TPSA) is 46.6 Å². The Labute approximate surface area is 244 Å². The van der Waals surface area contributed by atoms with Crippen LogP contribution in [0.5, 0.6) is 0 Å². The predicted molar refractivity (Wildman–Crippen MR) is 173 cm³/mol. The first kappa shape index (κ1) is 22.7. The van der Waals surface area contributed by atoms with Gasteiger partial charge in [-0.05, 0) is 42.5 Å². The molecule has 43 heavy (non-hydrogen) atoms. The molecule has 200 valence electrons. The van der Waals surface area contributed by atoms with Gasteiger partial charge < -0.3 is 8.83 Å². The van der Waals surface area contributed by atoms with Gasteiger partial charge >= 0.3 is 5.84 Å².